The minimum Gasteiger partial charge on any atom is -0.383 e. The fraction of sp³-hybridized carbons (Fsp3) is 0.500. The van der Waals surface area contributed by atoms with Gasteiger partial charge in [0.15, 0.2) is 0 Å². The van der Waals surface area contributed by atoms with Crippen LogP contribution in [0.5, 0.6) is 0 Å². The third kappa shape index (κ3) is 4.74. The van der Waals surface area contributed by atoms with Crippen LogP contribution in [0, 0.1) is 6.92 Å². The number of aryl methyl sites for hydroxylation is 1. The van der Waals surface area contributed by atoms with Crippen molar-refractivity contribution in [2.45, 2.75) is 26.3 Å². The maximum absolute atomic E-state index is 13.3. The molecule has 0 aliphatic carbocycles. The predicted octanol–water partition coefficient (Wildman–Crippen LogP) is 4.03. The third-order valence-electron chi connectivity index (χ3n) is 5.80. The number of fused-ring (bicyclic) bond motifs is 1. The van der Waals surface area contributed by atoms with Gasteiger partial charge in [-0.2, -0.15) is 0 Å². The van der Waals surface area contributed by atoms with Crippen molar-refractivity contribution in [1.82, 2.24) is 19.8 Å². The SMILES string of the molecule is CCC(Nc1ncnc2sc(C(=O)N3CCN(CCOC)CC3)c(C)c12)c1cccs1. The second kappa shape index (κ2) is 10.0. The lowest BCUT2D eigenvalue weighted by molar-refractivity contribution is 0.0598. The van der Waals surface area contributed by atoms with Crippen LogP contribution in [0.2, 0.25) is 0 Å². The van der Waals surface area contributed by atoms with E-state index in [4.69, 9.17) is 4.74 Å². The highest BCUT2D eigenvalue weighted by atomic mass is 32.1. The van der Waals surface area contributed by atoms with Gasteiger partial charge in [-0.1, -0.05) is 13.0 Å². The first kappa shape index (κ1) is 22.1. The van der Waals surface area contributed by atoms with E-state index in [0.29, 0.717) is 0 Å². The summed E-state index contributed by atoms with van der Waals surface area (Å²) in [6.07, 6.45) is 2.54. The number of aromatic nitrogens is 2. The number of amides is 1. The molecule has 4 heterocycles. The Bertz CT molecular complexity index is 1010. The molecule has 0 bridgehead atoms. The van der Waals surface area contributed by atoms with Gasteiger partial charge in [-0.3, -0.25) is 9.69 Å². The highest BCUT2D eigenvalue weighted by molar-refractivity contribution is 7.20. The molecule has 4 rings (SSSR count). The van der Waals surface area contributed by atoms with E-state index in [1.165, 1.54) is 16.2 Å². The van der Waals surface area contributed by atoms with Crippen molar-refractivity contribution in [2.75, 3.05) is 51.8 Å². The van der Waals surface area contributed by atoms with Crippen LogP contribution < -0.4 is 5.32 Å². The Balaban J connectivity index is 1.54. The van der Waals surface area contributed by atoms with Crippen LogP contribution in [0.25, 0.3) is 10.2 Å². The lowest BCUT2D eigenvalue weighted by atomic mass is 10.1. The molecule has 0 aromatic carbocycles. The quantitative estimate of drug-likeness (QED) is 0.548. The van der Waals surface area contributed by atoms with E-state index in [9.17, 15) is 4.79 Å². The summed E-state index contributed by atoms with van der Waals surface area (Å²) in [4.78, 5) is 29.5. The van der Waals surface area contributed by atoms with Gasteiger partial charge in [0.05, 0.1) is 22.9 Å². The number of ether oxygens (including phenoxy) is 1. The van der Waals surface area contributed by atoms with Gasteiger partial charge in [-0.05, 0) is 30.4 Å². The average molecular weight is 460 g/mol. The molecule has 3 aromatic rings. The summed E-state index contributed by atoms with van der Waals surface area (Å²) in [5, 5.41) is 6.65. The van der Waals surface area contributed by atoms with Crippen LogP contribution in [-0.2, 0) is 4.74 Å². The molecular formula is C22H29N5O2S2. The molecule has 1 aliphatic heterocycles. The van der Waals surface area contributed by atoms with Crippen LogP contribution in [0.1, 0.15) is 39.5 Å². The van der Waals surface area contributed by atoms with Crippen molar-refractivity contribution in [1.29, 1.82) is 0 Å². The van der Waals surface area contributed by atoms with E-state index in [0.717, 1.165) is 72.2 Å². The fourth-order valence-electron chi connectivity index (χ4n) is 3.95. The highest BCUT2D eigenvalue weighted by Gasteiger charge is 2.27. The van der Waals surface area contributed by atoms with Gasteiger partial charge in [0.2, 0.25) is 0 Å². The smallest absolute Gasteiger partial charge is 0.264 e. The van der Waals surface area contributed by atoms with Crippen LogP contribution >= 0.6 is 22.7 Å². The molecule has 3 aromatic heterocycles. The molecule has 1 N–H and O–H groups in total. The molecule has 7 nitrogen and oxygen atoms in total. The number of carbonyl (C=O) groups is 1. The van der Waals surface area contributed by atoms with Gasteiger partial charge in [0.1, 0.15) is 17.0 Å². The van der Waals surface area contributed by atoms with Gasteiger partial charge < -0.3 is 15.0 Å². The second-order valence-corrected chi connectivity index (χ2v) is 9.68. The van der Waals surface area contributed by atoms with E-state index >= 15 is 0 Å². The standard InChI is InChI=1S/C22H29N5O2S2/c1-4-16(17-6-5-13-30-17)25-20-18-15(2)19(31-21(18)24-14-23-20)22(28)27-9-7-26(8-10-27)11-12-29-3/h5-6,13-14,16H,4,7-12H2,1-3H3,(H,23,24,25). The normalized spacial score (nSPS) is 16.0. The Morgan fingerprint density at radius 1 is 1.29 bits per heavy atom. The Hall–Kier alpha value is -2.07. The maximum Gasteiger partial charge on any atom is 0.264 e. The number of rotatable bonds is 8. The third-order valence-corrected chi connectivity index (χ3v) is 7.97. The summed E-state index contributed by atoms with van der Waals surface area (Å²) in [5.74, 6) is 0.908. The van der Waals surface area contributed by atoms with Crippen molar-refractivity contribution in [3.05, 3.63) is 39.2 Å². The summed E-state index contributed by atoms with van der Waals surface area (Å²) >= 11 is 3.22. The van der Waals surface area contributed by atoms with Gasteiger partial charge in [-0.15, -0.1) is 22.7 Å². The zero-order valence-corrected chi connectivity index (χ0v) is 19.9. The maximum atomic E-state index is 13.3. The first-order chi connectivity index (χ1) is 15.1. The molecule has 166 valence electrons. The van der Waals surface area contributed by atoms with Crippen molar-refractivity contribution in [3.63, 3.8) is 0 Å². The summed E-state index contributed by atoms with van der Waals surface area (Å²) < 4.78 is 5.17. The molecule has 1 fully saturated rings. The molecule has 1 unspecified atom stereocenters. The first-order valence-electron chi connectivity index (χ1n) is 10.7. The number of hydrogen-bond donors (Lipinski definition) is 1. The highest BCUT2D eigenvalue weighted by Crippen LogP contribution is 2.36. The number of anilines is 1. The summed E-state index contributed by atoms with van der Waals surface area (Å²) in [5.41, 5.74) is 0.968. The Morgan fingerprint density at radius 3 is 2.77 bits per heavy atom. The molecular weight excluding hydrogens is 430 g/mol. The molecule has 1 saturated heterocycles. The predicted molar refractivity (Wildman–Crippen MR) is 127 cm³/mol. The van der Waals surface area contributed by atoms with E-state index < -0.39 is 0 Å². The molecule has 1 atom stereocenters. The van der Waals surface area contributed by atoms with Crippen molar-refractivity contribution < 1.29 is 9.53 Å². The Morgan fingerprint density at radius 2 is 2.10 bits per heavy atom. The summed E-state index contributed by atoms with van der Waals surface area (Å²) in [6, 6.07) is 4.41. The Kier molecular flexibility index (Phi) is 7.16. The number of piperazine rings is 1. The minimum absolute atomic E-state index is 0.100. The van der Waals surface area contributed by atoms with Crippen molar-refractivity contribution >= 4 is 44.6 Å². The topological polar surface area (TPSA) is 70.6 Å². The van der Waals surface area contributed by atoms with Gasteiger partial charge in [-0.25, -0.2) is 9.97 Å². The summed E-state index contributed by atoms with van der Waals surface area (Å²) in [6.45, 7) is 9.05. The average Bonchev–Trinajstić information content (AvgIpc) is 3.45. The van der Waals surface area contributed by atoms with Crippen LogP contribution in [0.3, 0.4) is 0 Å². The number of carbonyl (C=O) groups excluding carboxylic acids is 1. The molecule has 9 heteroatoms. The molecule has 0 spiro atoms. The zero-order chi connectivity index (χ0) is 21.8. The monoisotopic (exact) mass is 459 g/mol. The molecule has 31 heavy (non-hydrogen) atoms. The largest absolute Gasteiger partial charge is 0.383 e. The molecule has 1 amide bonds. The van der Waals surface area contributed by atoms with Crippen LogP contribution in [-0.4, -0.2) is 72.1 Å². The second-order valence-electron chi connectivity index (χ2n) is 7.71. The molecule has 0 radical (unpaired) electrons. The number of nitrogens with one attached hydrogen (secondary N) is 1. The van der Waals surface area contributed by atoms with Gasteiger partial charge in [0, 0.05) is 44.7 Å². The Labute approximate surface area is 191 Å². The molecule has 1 aliphatic rings. The minimum atomic E-state index is 0.100. The van der Waals surface area contributed by atoms with Gasteiger partial charge >= 0.3 is 0 Å². The van der Waals surface area contributed by atoms with E-state index in [1.54, 1.807) is 24.8 Å². The van der Waals surface area contributed by atoms with Crippen LogP contribution in [0.15, 0.2) is 23.8 Å². The zero-order valence-electron chi connectivity index (χ0n) is 18.3. The summed E-state index contributed by atoms with van der Waals surface area (Å²) in [7, 11) is 1.72. The number of methoxy groups -OCH3 is 1. The lowest BCUT2D eigenvalue weighted by Crippen LogP contribution is -2.49. The van der Waals surface area contributed by atoms with Crippen molar-refractivity contribution in [2.24, 2.45) is 0 Å². The fourth-order valence-corrected chi connectivity index (χ4v) is 5.93. The van der Waals surface area contributed by atoms with E-state index in [-0.39, 0.29) is 11.9 Å². The molecule has 0 saturated carbocycles. The van der Waals surface area contributed by atoms with Crippen molar-refractivity contribution in [3.8, 4) is 0 Å². The lowest BCUT2D eigenvalue weighted by Gasteiger charge is -2.34. The number of nitrogens with zero attached hydrogens (tertiary/aromatic N) is 4. The first-order valence-corrected chi connectivity index (χ1v) is 12.4. The van der Waals surface area contributed by atoms with Crippen LogP contribution in [0.4, 0.5) is 5.82 Å². The van der Waals surface area contributed by atoms with Gasteiger partial charge in [0.25, 0.3) is 5.91 Å². The number of thiophene rings is 2. The van der Waals surface area contributed by atoms with E-state index in [2.05, 4.69) is 44.6 Å². The van der Waals surface area contributed by atoms with E-state index in [1.807, 2.05) is 11.8 Å². The number of hydrogen-bond acceptors (Lipinski definition) is 8.